The minimum absolute atomic E-state index is 0.000872. The monoisotopic (exact) mass is 305 g/mol. The normalized spacial score (nSPS) is 15.1. The number of benzene rings is 1. The van der Waals surface area contributed by atoms with Gasteiger partial charge in [-0.15, -0.1) is 0 Å². The molecule has 0 aromatic heterocycles. The zero-order chi connectivity index (χ0) is 15.8. The quantitative estimate of drug-likeness (QED) is 0.875. The Morgan fingerprint density at radius 1 is 1.18 bits per heavy atom. The predicted molar refractivity (Wildman–Crippen MR) is 87.7 cm³/mol. The molecule has 1 N–H and O–H groups in total. The number of carbonyl (C=O) groups is 1. The second-order valence-electron chi connectivity index (χ2n) is 5.49. The van der Waals surface area contributed by atoms with E-state index in [0.717, 1.165) is 19.6 Å². The number of nitrogens with zero attached hydrogens (tertiary/aromatic N) is 2. The average molecular weight is 305 g/mol. The van der Waals surface area contributed by atoms with Crippen molar-refractivity contribution in [1.82, 2.24) is 15.1 Å². The first kappa shape index (κ1) is 16.8. The van der Waals surface area contributed by atoms with E-state index in [1.807, 2.05) is 11.0 Å². The summed E-state index contributed by atoms with van der Waals surface area (Å²) in [5.41, 5.74) is 2.48. The third-order valence-electron chi connectivity index (χ3n) is 4.14. The second-order valence-corrected chi connectivity index (χ2v) is 5.49. The van der Waals surface area contributed by atoms with E-state index in [0.29, 0.717) is 32.8 Å². The highest BCUT2D eigenvalue weighted by molar-refractivity contribution is 5.74. The number of hydrogen-bond acceptors (Lipinski definition) is 3. The predicted octanol–water partition coefficient (Wildman–Crippen LogP) is 2.07. The van der Waals surface area contributed by atoms with Gasteiger partial charge in [0.05, 0.1) is 13.2 Å². The minimum Gasteiger partial charge on any atom is -0.378 e. The first-order chi connectivity index (χ1) is 10.7. The fourth-order valence-corrected chi connectivity index (χ4v) is 2.62. The molecule has 5 heteroatoms. The Morgan fingerprint density at radius 3 is 2.45 bits per heavy atom. The first-order valence-corrected chi connectivity index (χ1v) is 8.14. The van der Waals surface area contributed by atoms with Crippen LogP contribution in [-0.2, 0) is 17.8 Å². The number of amides is 2. The van der Waals surface area contributed by atoms with Crippen LogP contribution in [0.4, 0.5) is 4.79 Å². The van der Waals surface area contributed by atoms with Crippen LogP contribution in [0.5, 0.6) is 0 Å². The molecule has 22 heavy (non-hydrogen) atoms. The zero-order valence-electron chi connectivity index (χ0n) is 13.7. The first-order valence-electron chi connectivity index (χ1n) is 8.14. The molecule has 1 aromatic rings. The van der Waals surface area contributed by atoms with Gasteiger partial charge in [0.25, 0.3) is 0 Å². The number of rotatable bonds is 6. The molecule has 0 radical (unpaired) electrons. The van der Waals surface area contributed by atoms with Crippen molar-refractivity contribution in [1.29, 1.82) is 0 Å². The summed E-state index contributed by atoms with van der Waals surface area (Å²) in [6.45, 7) is 10.5. The molecule has 0 aliphatic carbocycles. The van der Waals surface area contributed by atoms with Crippen molar-refractivity contribution >= 4 is 6.03 Å². The van der Waals surface area contributed by atoms with Gasteiger partial charge in [0.2, 0.25) is 0 Å². The van der Waals surface area contributed by atoms with E-state index in [9.17, 15) is 4.79 Å². The highest BCUT2D eigenvalue weighted by Gasteiger charge is 2.16. The lowest BCUT2D eigenvalue weighted by molar-refractivity contribution is 0.0531. The molecular weight excluding hydrogens is 278 g/mol. The van der Waals surface area contributed by atoms with Crippen LogP contribution in [0.1, 0.15) is 25.0 Å². The van der Waals surface area contributed by atoms with E-state index in [4.69, 9.17) is 4.74 Å². The summed E-state index contributed by atoms with van der Waals surface area (Å²) in [6, 6.07) is 8.34. The molecular formula is C17H27N3O2. The van der Waals surface area contributed by atoms with Gasteiger partial charge in [-0.1, -0.05) is 38.1 Å². The minimum atomic E-state index is 0.000872. The summed E-state index contributed by atoms with van der Waals surface area (Å²) in [4.78, 5) is 16.4. The average Bonchev–Trinajstić information content (AvgIpc) is 2.59. The lowest BCUT2D eigenvalue weighted by Crippen LogP contribution is -2.46. The maximum Gasteiger partial charge on any atom is 0.317 e. The van der Waals surface area contributed by atoms with Crippen molar-refractivity contribution in [3.8, 4) is 0 Å². The molecule has 122 valence electrons. The second kappa shape index (κ2) is 8.76. The highest BCUT2D eigenvalue weighted by Crippen LogP contribution is 2.12. The summed E-state index contributed by atoms with van der Waals surface area (Å²) in [5.74, 6) is 0. The molecule has 5 nitrogen and oxygen atoms in total. The Kier molecular flexibility index (Phi) is 6.68. The molecule has 0 spiro atoms. The van der Waals surface area contributed by atoms with Crippen LogP contribution in [0.3, 0.4) is 0 Å². The summed E-state index contributed by atoms with van der Waals surface area (Å²) in [5, 5.41) is 3.03. The molecule has 1 heterocycles. The van der Waals surface area contributed by atoms with Gasteiger partial charge in [-0.05, 0) is 24.2 Å². The maximum absolute atomic E-state index is 12.2. The Labute approximate surface area is 133 Å². The third-order valence-corrected chi connectivity index (χ3v) is 4.14. The molecule has 1 saturated heterocycles. The van der Waals surface area contributed by atoms with Crippen LogP contribution in [0.2, 0.25) is 0 Å². The highest BCUT2D eigenvalue weighted by atomic mass is 16.5. The lowest BCUT2D eigenvalue weighted by atomic mass is 10.1. The van der Waals surface area contributed by atoms with Gasteiger partial charge in [-0.2, -0.15) is 0 Å². The molecule has 2 amide bonds. The molecule has 1 aromatic carbocycles. The van der Waals surface area contributed by atoms with Gasteiger partial charge in [-0.25, -0.2) is 4.79 Å². The SMILES string of the molecule is CCN(CC)Cc1ccccc1CNC(=O)N1CCOCC1. The molecule has 2 rings (SSSR count). The van der Waals surface area contributed by atoms with Gasteiger partial charge in [-0.3, -0.25) is 4.90 Å². The van der Waals surface area contributed by atoms with Crippen molar-refractivity contribution in [2.75, 3.05) is 39.4 Å². The van der Waals surface area contributed by atoms with Crippen LogP contribution in [-0.4, -0.2) is 55.2 Å². The Bertz CT molecular complexity index is 469. The van der Waals surface area contributed by atoms with Gasteiger partial charge >= 0.3 is 6.03 Å². The van der Waals surface area contributed by atoms with Crippen molar-refractivity contribution < 1.29 is 9.53 Å². The fraction of sp³-hybridized carbons (Fsp3) is 0.588. The van der Waals surface area contributed by atoms with E-state index in [2.05, 4.69) is 42.3 Å². The third kappa shape index (κ3) is 4.71. The summed E-state index contributed by atoms with van der Waals surface area (Å²) >= 11 is 0. The topological polar surface area (TPSA) is 44.8 Å². The molecule has 0 unspecified atom stereocenters. The van der Waals surface area contributed by atoms with Crippen LogP contribution in [0, 0.1) is 0 Å². The van der Waals surface area contributed by atoms with E-state index in [1.54, 1.807) is 0 Å². The van der Waals surface area contributed by atoms with E-state index < -0.39 is 0 Å². The van der Waals surface area contributed by atoms with Crippen LogP contribution >= 0.6 is 0 Å². The molecule has 0 bridgehead atoms. The Balaban J connectivity index is 1.93. The smallest absolute Gasteiger partial charge is 0.317 e. The summed E-state index contributed by atoms with van der Waals surface area (Å²) in [6.07, 6.45) is 0. The fourth-order valence-electron chi connectivity index (χ4n) is 2.62. The van der Waals surface area contributed by atoms with Crippen LogP contribution in [0.15, 0.2) is 24.3 Å². The standard InChI is InChI=1S/C17H27N3O2/c1-3-19(4-2)14-16-8-6-5-7-15(16)13-18-17(21)20-9-11-22-12-10-20/h5-8H,3-4,9-14H2,1-2H3,(H,18,21). The van der Waals surface area contributed by atoms with Crippen molar-refractivity contribution in [2.24, 2.45) is 0 Å². The molecule has 1 aliphatic heterocycles. The van der Waals surface area contributed by atoms with E-state index in [-0.39, 0.29) is 6.03 Å². The molecule has 1 fully saturated rings. The van der Waals surface area contributed by atoms with Crippen LogP contribution < -0.4 is 5.32 Å². The maximum atomic E-state index is 12.2. The number of nitrogens with one attached hydrogen (secondary N) is 1. The van der Waals surface area contributed by atoms with Crippen LogP contribution in [0.25, 0.3) is 0 Å². The van der Waals surface area contributed by atoms with Crippen molar-refractivity contribution in [2.45, 2.75) is 26.9 Å². The van der Waals surface area contributed by atoms with Crippen molar-refractivity contribution in [3.63, 3.8) is 0 Å². The molecule has 0 saturated carbocycles. The summed E-state index contributed by atoms with van der Waals surface area (Å²) < 4.78 is 5.27. The number of hydrogen-bond donors (Lipinski definition) is 1. The van der Waals surface area contributed by atoms with Crippen molar-refractivity contribution in [3.05, 3.63) is 35.4 Å². The van der Waals surface area contributed by atoms with Gasteiger partial charge in [0, 0.05) is 26.2 Å². The molecule has 0 atom stereocenters. The summed E-state index contributed by atoms with van der Waals surface area (Å²) in [7, 11) is 0. The van der Waals surface area contributed by atoms with E-state index >= 15 is 0 Å². The number of morpholine rings is 1. The molecule has 1 aliphatic rings. The van der Waals surface area contributed by atoms with E-state index in [1.165, 1.54) is 11.1 Å². The largest absolute Gasteiger partial charge is 0.378 e. The Hall–Kier alpha value is -1.59. The van der Waals surface area contributed by atoms with Gasteiger partial charge < -0.3 is 15.0 Å². The number of ether oxygens (including phenoxy) is 1. The van der Waals surface area contributed by atoms with Gasteiger partial charge in [0.1, 0.15) is 0 Å². The number of carbonyl (C=O) groups excluding carboxylic acids is 1. The zero-order valence-corrected chi connectivity index (χ0v) is 13.7. The number of urea groups is 1. The van der Waals surface area contributed by atoms with Gasteiger partial charge in [0.15, 0.2) is 0 Å². The lowest BCUT2D eigenvalue weighted by Gasteiger charge is -2.27. The Morgan fingerprint density at radius 2 is 1.82 bits per heavy atom.